The first-order valence-corrected chi connectivity index (χ1v) is 6.13. The Bertz CT molecular complexity index is 616. The van der Waals surface area contributed by atoms with Crippen LogP contribution in [-0.2, 0) is 6.54 Å². The minimum Gasteiger partial charge on any atom is -0.330 e. The largest absolute Gasteiger partial charge is 0.330 e. The zero-order valence-electron chi connectivity index (χ0n) is 10.3. The fourth-order valence-corrected chi connectivity index (χ4v) is 2.24. The molecule has 0 aliphatic rings. The Kier molecular flexibility index (Phi) is 3.77. The van der Waals surface area contributed by atoms with E-state index in [-0.39, 0.29) is 5.52 Å². The average molecular weight is 271 g/mol. The lowest BCUT2D eigenvalue weighted by atomic mass is 10.3. The number of rotatable bonds is 4. The van der Waals surface area contributed by atoms with Gasteiger partial charge in [-0.05, 0) is 51.4 Å². The number of benzene rings is 1. The van der Waals surface area contributed by atoms with Crippen molar-refractivity contribution < 1.29 is 8.78 Å². The molecule has 1 aromatic carbocycles. The van der Waals surface area contributed by atoms with E-state index < -0.39 is 11.6 Å². The molecule has 0 spiro atoms. The number of hydrogen-bond acceptors (Lipinski definition) is 2. The van der Waals surface area contributed by atoms with Crippen LogP contribution < -0.4 is 0 Å². The van der Waals surface area contributed by atoms with Crippen molar-refractivity contribution in [2.45, 2.75) is 13.0 Å². The molecule has 2 aromatic rings. The van der Waals surface area contributed by atoms with E-state index in [9.17, 15) is 8.78 Å². The van der Waals surface area contributed by atoms with E-state index in [4.69, 9.17) is 12.2 Å². The first kappa shape index (κ1) is 13.2. The predicted octanol–water partition coefficient (Wildman–Crippen LogP) is 2.93. The van der Waals surface area contributed by atoms with E-state index in [1.54, 1.807) is 4.57 Å². The van der Waals surface area contributed by atoms with Gasteiger partial charge in [-0.1, -0.05) is 0 Å². The Hall–Kier alpha value is -1.27. The number of aromatic amines is 1. The third-order valence-electron chi connectivity index (χ3n) is 2.81. The Morgan fingerprint density at radius 2 is 2.06 bits per heavy atom. The van der Waals surface area contributed by atoms with Crippen LogP contribution in [-0.4, -0.2) is 35.1 Å². The molecule has 0 saturated carbocycles. The van der Waals surface area contributed by atoms with Crippen LogP contribution in [0.3, 0.4) is 0 Å². The highest BCUT2D eigenvalue weighted by molar-refractivity contribution is 7.71. The van der Waals surface area contributed by atoms with Gasteiger partial charge in [-0.3, -0.25) is 0 Å². The molecule has 0 fully saturated rings. The lowest BCUT2D eigenvalue weighted by molar-refractivity contribution is 0.386. The number of nitrogens with zero attached hydrogens (tertiary/aromatic N) is 2. The van der Waals surface area contributed by atoms with E-state index in [1.807, 2.05) is 19.0 Å². The van der Waals surface area contributed by atoms with E-state index in [0.29, 0.717) is 16.8 Å². The summed E-state index contributed by atoms with van der Waals surface area (Å²) in [5, 5.41) is 0. The topological polar surface area (TPSA) is 24.0 Å². The first-order valence-electron chi connectivity index (χ1n) is 5.72. The summed E-state index contributed by atoms with van der Waals surface area (Å²) in [4.78, 5) is 4.93. The third-order valence-corrected chi connectivity index (χ3v) is 3.14. The van der Waals surface area contributed by atoms with Crippen LogP contribution in [0.5, 0.6) is 0 Å². The molecule has 98 valence electrons. The lowest BCUT2D eigenvalue weighted by Gasteiger charge is -2.10. The molecular weight excluding hydrogens is 256 g/mol. The minimum absolute atomic E-state index is 0.221. The summed E-state index contributed by atoms with van der Waals surface area (Å²) in [5.41, 5.74) is 0.752. The number of halogens is 2. The van der Waals surface area contributed by atoms with Crippen LogP contribution in [0.25, 0.3) is 11.0 Å². The second-order valence-corrected chi connectivity index (χ2v) is 4.88. The standard InChI is InChI=1S/C12H15F2N3S/c1-16(2)6-3-7-17-11-9(15-12(17)18)5-4-8(13)10(11)14/h4-5H,3,6-7H2,1-2H3,(H,15,18). The van der Waals surface area contributed by atoms with Gasteiger partial charge in [0.15, 0.2) is 16.4 Å². The van der Waals surface area contributed by atoms with Crippen molar-refractivity contribution in [2.75, 3.05) is 20.6 Å². The van der Waals surface area contributed by atoms with E-state index in [1.165, 1.54) is 6.07 Å². The van der Waals surface area contributed by atoms with E-state index in [2.05, 4.69) is 4.98 Å². The van der Waals surface area contributed by atoms with Gasteiger partial charge in [0, 0.05) is 6.54 Å². The van der Waals surface area contributed by atoms with Crippen LogP contribution in [0, 0.1) is 16.4 Å². The maximum atomic E-state index is 13.8. The Morgan fingerprint density at radius 1 is 1.33 bits per heavy atom. The molecule has 0 aliphatic carbocycles. The Labute approximate surface area is 109 Å². The zero-order valence-corrected chi connectivity index (χ0v) is 11.2. The summed E-state index contributed by atoms with van der Waals surface area (Å²) in [7, 11) is 3.93. The summed E-state index contributed by atoms with van der Waals surface area (Å²) >= 11 is 5.14. The highest BCUT2D eigenvalue weighted by atomic mass is 32.1. The summed E-state index contributed by atoms with van der Waals surface area (Å²) in [5.74, 6) is -1.69. The SMILES string of the molecule is CN(C)CCCn1c(=S)[nH]c2ccc(F)c(F)c21. The fourth-order valence-electron chi connectivity index (χ4n) is 1.95. The van der Waals surface area contributed by atoms with Gasteiger partial charge in [-0.15, -0.1) is 0 Å². The van der Waals surface area contributed by atoms with Gasteiger partial charge >= 0.3 is 0 Å². The molecule has 18 heavy (non-hydrogen) atoms. The van der Waals surface area contributed by atoms with Crippen LogP contribution in [0.1, 0.15) is 6.42 Å². The average Bonchev–Trinajstić information content (AvgIpc) is 2.61. The molecule has 2 rings (SSSR count). The monoisotopic (exact) mass is 271 g/mol. The molecule has 6 heteroatoms. The maximum Gasteiger partial charge on any atom is 0.184 e. The molecule has 0 unspecified atom stereocenters. The van der Waals surface area contributed by atoms with Gasteiger partial charge in [0.1, 0.15) is 5.52 Å². The van der Waals surface area contributed by atoms with Crippen LogP contribution >= 0.6 is 12.2 Å². The molecule has 1 aromatic heterocycles. The third kappa shape index (κ3) is 2.44. The molecule has 3 nitrogen and oxygen atoms in total. The van der Waals surface area contributed by atoms with Crippen molar-refractivity contribution in [1.82, 2.24) is 14.5 Å². The van der Waals surface area contributed by atoms with Gasteiger partial charge in [0.25, 0.3) is 0 Å². The molecule has 1 heterocycles. The van der Waals surface area contributed by atoms with Crippen molar-refractivity contribution in [3.05, 3.63) is 28.5 Å². The maximum absolute atomic E-state index is 13.8. The predicted molar refractivity (Wildman–Crippen MR) is 70.2 cm³/mol. The molecule has 0 bridgehead atoms. The van der Waals surface area contributed by atoms with Crippen molar-refractivity contribution in [3.63, 3.8) is 0 Å². The second kappa shape index (κ2) is 5.16. The van der Waals surface area contributed by atoms with Crippen molar-refractivity contribution in [2.24, 2.45) is 0 Å². The summed E-state index contributed by atoms with van der Waals surface area (Å²) in [6.45, 7) is 1.43. The number of H-pyrrole nitrogens is 1. The number of fused-ring (bicyclic) bond motifs is 1. The molecule has 0 aliphatic heterocycles. The second-order valence-electron chi connectivity index (χ2n) is 4.50. The normalized spacial score (nSPS) is 11.6. The number of aromatic nitrogens is 2. The van der Waals surface area contributed by atoms with Gasteiger partial charge in [0.05, 0.1) is 5.52 Å². The van der Waals surface area contributed by atoms with Gasteiger partial charge in [-0.2, -0.15) is 0 Å². The van der Waals surface area contributed by atoms with Gasteiger partial charge < -0.3 is 14.5 Å². The molecule has 0 radical (unpaired) electrons. The van der Waals surface area contributed by atoms with Crippen molar-refractivity contribution >= 4 is 23.3 Å². The molecule has 0 saturated heterocycles. The lowest BCUT2D eigenvalue weighted by Crippen LogP contribution is -2.15. The molecule has 1 N–H and O–H groups in total. The summed E-state index contributed by atoms with van der Waals surface area (Å²) in [6, 6.07) is 2.61. The quantitative estimate of drug-likeness (QED) is 0.864. The first-order chi connectivity index (χ1) is 8.50. The molecule has 0 atom stereocenters. The van der Waals surface area contributed by atoms with Crippen LogP contribution in [0.2, 0.25) is 0 Å². The van der Waals surface area contributed by atoms with Crippen LogP contribution in [0.15, 0.2) is 12.1 Å². The Morgan fingerprint density at radius 3 is 2.72 bits per heavy atom. The number of hydrogen-bond donors (Lipinski definition) is 1. The van der Waals surface area contributed by atoms with Gasteiger partial charge in [0.2, 0.25) is 0 Å². The van der Waals surface area contributed by atoms with Crippen molar-refractivity contribution in [3.8, 4) is 0 Å². The Balaban J connectivity index is 2.40. The smallest absolute Gasteiger partial charge is 0.184 e. The number of imidazole rings is 1. The number of nitrogens with one attached hydrogen (secondary N) is 1. The van der Waals surface area contributed by atoms with E-state index in [0.717, 1.165) is 19.0 Å². The molecular formula is C12H15F2N3S. The van der Waals surface area contributed by atoms with Crippen molar-refractivity contribution in [1.29, 1.82) is 0 Å². The summed E-state index contributed by atoms with van der Waals surface area (Å²) < 4.78 is 29.1. The van der Waals surface area contributed by atoms with Crippen LogP contribution in [0.4, 0.5) is 8.78 Å². The zero-order chi connectivity index (χ0) is 13.3. The fraction of sp³-hybridized carbons (Fsp3) is 0.417. The summed E-state index contributed by atoms with van der Waals surface area (Å²) in [6.07, 6.45) is 0.824. The highest BCUT2D eigenvalue weighted by Crippen LogP contribution is 2.20. The van der Waals surface area contributed by atoms with E-state index >= 15 is 0 Å². The minimum atomic E-state index is -0.849. The van der Waals surface area contributed by atoms with Gasteiger partial charge in [-0.25, -0.2) is 8.78 Å². The number of aryl methyl sites for hydroxylation is 1. The highest BCUT2D eigenvalue weighted by Gasteiger charge is 2.13. The molecule has 0 amide bonds.